The summed E-state index contributed by atoms with van der Waals surface area (Å²) in [5.74, 6) is 0.555. The van der Waals surface area contributed by atoms with Gasteiger partial charge in [0.1, 0.15) is 11.9 Å². The second kappa shape index (κ2) is 10.7. The number of nitrogens with one attached hydrogen (secondary N) is 2. The molecule has 0 saturated heterocycles. The van der Waals surface area contributed by atoms with Gasteiger partial charge in [0, 0.05) is 27.9 Å². The maximum atomic E-state index is 13.3. The Hall–Kier alpha value is -3.08. The predicted octanol–water partition coefficient (Wildman–Crippen LogP) is 6.11. The smallest absolute Gasteiger partial charge is 0.251 e. The molecule has 3 aromatic rings. The summed E-state index contributed by atoms with van der Waals surface area (Å²) in [5, 5.41) is 7.39. The molecule has 0 saturated carbocycles. The summed E-state index contributed by atoms with van der Waals surface area (Å²) in [6.45, 7) is 2.47. The monoisotopic (exact) mass is 477 g/mol. The van der Waals surface area contributed by atoms with Crippen LogP contribution in [0.25, 0.3) is 0 Å². The standard InChI is InChI=1S/C27H25Cl2N3O/c1-18-24(27(33)30-14-8-11-19-9-4-2-5-10-19)25(21-15-22(28)17-23(29)16-21)32-26(31-18)20-12-6-3-7-13-20/h2-7,9-10,12-13,15-17,25H,8,11,14H2,1H3,(H,30,33)(H,31,32). The molecule has 1 aliphatic heterocycles. The fourth-order valence-electron chi connectivity index (χ4n) is 3.92. The number of benzene rings is 3. The van der Waals surface area contributed by atoms with Gasteiger partial charge in [-0.3, -0.25) is 9.79 Å². The summed E-state index contributed by atoms with van der Waals surface area (Å²) in [6.07, 6.45) is 1.75. The fourth-order valence-corrected chi connectivity index (χ4v) is 4.46. The van der Waals surface area contributed by atoms with E-state index in [-0.39, 0.29) is 5.91 Å². The first kappa shape index (κ1) is 23.1. The maximum absolute atomic E-state index is 13.3. The normalized spacial score (nSPS) is 15.6. The zero-order chi connectivity index (χ0) is 23.2. The van der Waals surface area contributed by atoms with Gasteiger partial charge in [-0.05, 0) is 49.1 Å². The zero-order valence-corrected chi connectivity index (χ0v) is 19.8. The highest BCUT2D eigenvalue weighted by Crippen LogP contribution is 2.34. The molecule has 0 bridgehead atoms. The van der Waals surface area contributed by atoms with Crippen molar-refractivity contribution in [1.82, 2.24) is 10.6 Å². The third kappa shape index (κ3) is 5.84. The third-order valence-corrected chi connectivity index (χ3v) is 5.94. The van der Waals surface area contributed by atoms with Crippen molar-refractivity contribution in [3.63, 3.8) is 0 Å². The van der Waals surface area contributed by atoms with E-state index in [0.717, 1.165) is 29.7 Å². The van der Waals surface area contributed by atoms with Gasteiger partial charge in [0.2, 0.25) is 0 Å². The maximum Gasteiger partial charge on any atom is 0.251 e. The van der Waals surface area contributed by atoms with Crippen molar-refractivity contribution in [2.24, 2.45) is 4.99 Å². The Morgan fingerprint density at radius 1 is 0.970 bits per heavy atom. The molecule has 4 rings (SSSR count). The van der Waals surface area contributed by atoms with Gasteiger partial charge in [-0.1, -0.05) is 83.9 Å². The first-order valence-corrected chi connectivity index (χ1v) is 11.7. The van der Waals surface area contributed by atoms with Crippen LogP contribution < -0.4 is 10.6 Å². The molecule has 0 fully saturated rings. The number of amides is 1. The molecule has 0 aliphatic carbocycles. The van der Waals surface area contributed by atoms with Gasteiger partial charge in [-0.25, -0.2) is 0 Å². The van der Waals surface area contributed by atoms with Gasteiger partial charge in [-0.2, -0.15) is 0 Å². The molecule has 0 radical (unpaired) electrons. The van der Waals surface area contributed by atoms with Crippen LogP contribution in [0.2, 0.25) is 10.0 Å². The van der Waals surface area contributed by atoms with Crippen LogP contribution in [0.15, 0.2) is 95.1 Å². The summed E-state index contributed by atoms with van der Waals surface area (Å²) < 4.78 is 0. The van der Waals surface area contributed by atoms with Crippen molar-refractivity contribution in [3.8, 4) is 0 Å². The molecule has 168 valence electrons. The van der Waals surface area contributed by atoms with Crippen LogP contribution >= 0.6 is 23.2 Å². The van der Waals surface area contributed by atoms with E-state index in [1.807, 2.05) is 67.6 Å². The average Bonchev–Trinajstić information content (AvgIpc) is 2.82. The molecular weight excluding hydrogens is 453 g/mol. The highest BCUT2D eigenvalue weighted by Gasteiger charge is 2.30. The number of carbonyl (C=O) groups excluding carboxylic acids is 1. The van der Waals surface area contributed by atoms with E-state index in [4.69, 9.17) is 28.2 Å². The van der Waals surface area contributed by atoms with Gasteiger partial charge in [-0.15, -0.1) is 0 Å². The summed E-state index contributed by atoms with van der Waals surface area (Å²) in [4.78, 5) is 18.2. The fraction of sp³-hybridized carbons (Fsp3) is 0.185. The predicted molar refractivity (Wildman–Crippen MR) is 136 cm³/mol. The lowest BCUT2D eigenvalue weighted by molar-refractivity contribution is -0.117. The van der Waals surface area contributed by atoms with Crippen LogP contribution in [-0.4, -0.2) is 18.3 Å². The number of halogens is 2. The van der Waals surface area contributed by atoms with E-state index < -0.39 is 6.04 Å². The molecule has 1 unspecified atom stereocenters. The van der Waals surface area contributed by atoms with Crippen LogP contribution in [0.1, 0.15) is 36.1 Å². The van der Waals surface area contributed by atoms with Crippen molar-refractivity contribution in [1.29, 1.82) is 0 Å². The second-order valence-corrected chi connectivity index (χ2v) is 8.83. The van der Waals surface area contributed by atoms with E-state index in [1.165, 1.54) is 5.56 Å². The Morgan fingerprint density at radius 3 is 2.27 bits per heavy atom. The minimum atomic E-state index is -0.522. The molecular formula is C27H25Cl2N3O. The minimum absolute atomic E-state index is 0.148. The Kier molecular flexibility index (Phi) is 7.48. The van der Waals surface area contributed by atoms with Crippen molar-refractivity contribution >= 4 is 34.9 Å². The van der Waals surface area contributed by atoms with Crippen molar-refractivity contribution in [3.05, 3.63) is 117 Å². The topological polar surface area (TPSA) is 53.5 Å². The summed E-state index contributed by atoms with van der Waals surface area (Å²) in [5.41, 5.74) is 4.29. The van der Waals surface area contributed by atoms with E-state index in [1.54, 1.807) is 6.07 Å². The number of rotatable bonds is 7. The summed E-state index contributed by atoms with van der Waals surface area (Å²) in [6, 6.07) is 24.9. The van der Waals surface area contributed by atoms with Gasteiger partial charge in [0.25, 0.3) is 5.91 Å². The van der Waals surface area contributed by atoms with Crippen molar-refractivity contribution in [2.75, 3.05) is 6.54 Å². The van der Waals surface area contributed by atoms with Crippen LogP contribution in [0.4, 0.5) is 0 Å². The molecule has 0 aromatic heterocycles. The Labute approximate surface area is 204 Å². The Balaban J connectivity index is 1.57. The van der Waals surface area contributed by atoms with Gasteiger partial charge in [0.15, 0.2) is 0 Å². The van der Waals surface area contributed by atoms with E-state index in [9.17, 15) is 4.79 Å². The number of carbonyl (C=O) groups is 1. The molecule has 1 aliphatic rings. The van der Waals surface area contributed by atoms with Crippen molar-refractivity contribution in [2.45, 2.75) is 25.8 Å². The number of nitrogens with zero attached hydrogens (tertiary/aromatic N) is 1. The Bertz CT molecular complexity index is 1170. The van der Waals surface area contributed by atoms with Crippen LogP contribution in [0.3, 0.4) is 0 Å². The first-order chi connectivity index (χ1) is 16.0. The first-order valence-electron chi connectivity index (χ1n) is 10.9. The molecule has 0 spiro atoms. The molecule has 6 heteroatoms. The Morgan fingerprint density at radius 2 is 1.61 bits per heavy atom. The average molecular weight is 478 g/mol. The molecule has 1 amide bonds. The molecule has 33 heavy (non-hydrogen) atoms. The molecule has 1 atom stereocenters. The highest BCUT2D eigenvalue weighted by molar-refractivity contribution is 6.34. The number of allylic oxidation sites excluding steroid dienone is 1. The lowest BCUT2D eigenvalue weighted by atomic mass is 9.94. The van der Waals surface area contributed by atoms with Crippen molar-refractivity contribution < 1.29 is 4.79 Å². The molecule has 3 aromatic carbocycles. The largest absolute Gasteiger partial charge is 0.352 e. The summed E-state index contributed by atoms with van der Waals surface area (Å²) in [7, 11) is 0. The van der Waals surface area contributed by atoms with E-state index in [2.05, 4.69) is 22.8 Å². The van der Waals surface area contributed by atoms with Gasteiger partial charge >= 0.3 is 0 Å². The zero-order valence-electron chi connectivity index (χ0n) is 18.3. The van der Waals surface area contributed by atoms with Gasteiger partial charge in [0.05, 0.1) is 5.57 Å². The SMILES string of the molecule is CC1=C(C(=O)NCCCc2ccccc2)C(c2cc(Cl)cc(Cl)c2)N=C(c2ccccc2)N1. The van der Waals surface area contributed by atoms with Crippen LogP contribution in [0.5, 0.6) is 0 Å². The number of hydrogen-bond donors (Lipinski definition) is 2. The lowest BCUT2D eigenvalue weighted by Gasteiger charge is -2.27. The molecule has 1 heterocycles. The van der Waals surface area contributed by atoms with Crippen LogP contribution in [-0.2, 0) is 11.2 Å². The van der Waals surface area contributed by atoms with E-state index in [0.29, 0.717) is 28.0 Å². The lowest BCUT2D eigenvalue weighted by Crippen LogP contribution is -2.36. The van der Waals surface area contributed by atoms with Crippen LogP contribution in [0, 0.1) is 0 Å². The molecule has 4 nitrogen and oxygen atoms in total. The number of hydrogen-bond acceptors (Lipinski definition) is 3. The number of aliphatic imine (C=N–C) groups is 1. The number of aryl methyl sites for hydroxylation is 1. The summed E-state index contributed by atoms with van der Waals surface area (Å²) >= 11 is 12.6. The number of amidine groups is 1. The quantitative estimate of drug-likeness (QED) is 0.403. The van der Waals surface area contributed by atoms with Gasteiger partial charge < -0.3 is 10.6 Å². The second-order valence-electron chi connectivity index (χ2n) is 7.96. The minimum Gasteiger partial charge on any atom is -0.352 e. The third-order valence-electron chi connectivity index (χ3n) is 5.50. The molecule has 2 N–H and O–H groups in total. The highest BCUT2D eigenvalue weighted by atomic mass is 35.5. The van der Waals surface area contributed by atoms with E-state index >= 15 is 0 Å².